The van der Waals surface area contributed by atoms with Crippen LogP contribution in [-0.4, -0.2) is 38.3 Å². The van der Waals surface area contributed by atoms with E-state index in [-0.39, 0.29) is 29.7 Å². The molecule has 1 aromatic carbocycles. The third kappa shape index (κ3) is 9.63. The summed E-state index contributed by atoms with van der Waals surface area (Å²) in [6, 6.07) is 9.83. The molecule has 222 valence electrons. The van der Waals surface area contributed by atoms with Crippen LogP contribution in [0.2, 0.25) is 0 Å². The van der Waals surface area contributed by atoms with Crippen LogP contribution in [-0.2, 0) is 28.9 Å². The molecule has 9 heteroatoms. The first-order chi connectivity index (χ1) is 18.7. The SMILES string of the molecule is CCOC(=O)C(C)(C)CCCCCC(C#N)(CCCCCC(C)(C)C(=O)OCC)S(=O)(=O)c1ccc(C#N)cc1. The van der Waals surface area contributed by atoms with E-state index in [2.05, 4.69) is 6.07 Å². The maximum Gasteiger partial charge on any atom is 0.311 e. The molecule has 0 aliphatic carbocycles. The number of carbonyl (C=O) groups excluding carboxylic acids is 2. The van der Waals surface area contributed by atoms with Gasteiger partial charge in [-0.2, -0.15) is 10.5 Å². The van der Waals surface area contributed by atoms with E-state index < -0.39 is 25.4 Å². The number of carbonyl (C=O) groups is 2. The fourth-order valence-corrected chi connectivity index (χ4v) is 6.56. The number of hydrogen-bond acceptors (Lipinski definition) is 8. The minimum Gasteiger partial charge on any atom is -0.466 e. The van der Waals surface area contributed by atoms with Gasteiger partial charge in [0.05, 0.1) is 46.6 Å². The number of benzene rings is 1. The highest BCUT2D eigenvalue weighted by Gasteiger charge is 2.44. The van der Waals surface area contributed by atoms with Crippen molar-refractivity contribution in [3.63, 3.8) is 0 Å². The summed E-state index contributed by atoms with van der Waals surface area (Å²) in [5.74, 6) is -0.508. The Kier molecular flexibility index (Phi) is 13.8. The summed E-state index contributed by atoms with van der Waals surface area (Å²) in [4.78, 5) is 24.4. The van der Waals surface area contributed by atoms with Gasteiger partial charge < -0.3 is 9.47 Å². The summed E-state index contributed by atoms with van der Waals surface area (Å²) in [6.07, 6.45) is 5.30. The summed E-state index contributed by atoms with van der Waals surface area (Å²) >= 11 is 0. The molecule has 8 nitrogen and oxygen atoms in total. The second-order valence-electron chi connectivity index (χ2n) is 11.6. The van der Waals surface area contributed by atoms with Crippen LogP contribution in [0.3, 0.4) is 0 Å². The molecule has 0 radical (unpaired) electrons. The van der Waals surface area contributed by atoms with E-state index in [0.29, 0.717) is 70.1 Å². The third-order valence-electron chi connectivity index (χ3n) is 7.43. The molecule has 0 amide bonds. The number of nitrogens with zero attached hydrogens (tertiary/aromatic N) is 2. The zero-order valence-electron chi connectivity index (χ0n) is 25.0. The number of unbranched alkanes of at least 4 members (excludes halogenated alkanes) is 4. The van der Waals surface area contributed by atoms with E-state index in [1.54, 1.807) is 13.8 Å². The van der Waals surface area contributed by atoms with Gasteiger partial charge in [-0.15, -0.1) is 0 Å². The maximum absolute atomic E-state index is 13.8. The van der Waals surface area contributed by atoms with Crippen molar-refractivity contribution >= 4 is 21.8 Å². The Balaban J connectivity index is 2.99. The van der Waals surface area contributed by atoms with Gasteiger partial charge >= 0.3 is 11.9 Å². The number of nitriles is 2. The van der Waals surface area contributed by atoms with Crippen molar-refractivity contribution in [2.45, 2.75) is 115 Å². The molecule has 1 aromatic rings. The predicted octanol–water partition coefficient (Wildman–Crippen LogP) is 6.67. The molecule has 0 spiro atoms. The smallest absolute Gasteiger partial charge is 0.311 e. The van der Waals surface area contributed by atoms with Crippen LogP contribution in [0.1, 0.15) is 111 Å². The Labute approximate surface area is 241 Å². The molecule has 0 aliphatic heterocycles. The number of ether oxygens (including phenoxy) is 2. The van der Waals surface area contributed by atoms with Crippen molar-refractivity contribution in [3.8, 4) is 12.1 Å². The topological polar surface area (TPSA) is 134 Å². The normalized spacial score (nSPS) is 12.3. The van der Waals surface area contributed by atoms with Crippen molar-refractivity contribution in [2.24, 2.45) is 10.8 Å². The van der Waals surface area contributed by atoms with Gasteiger partial charge in [0, 0.05) is 0 Å². The molecule has 40 heavy (non-hydrogen) atoms. The van der Waals surface area contributed by atoms with Gasteiger partial charge in [0.2, 0.25) is 0 Å². The first-order valence-corrected chi connectivity index (χ1v) is 15.7. The van der Waals surface area contributed by atoms with Crippen molar-refractivity contribution < 1.29 is 27.5 Å². The molecule has 0 aromatic heterocycles. The molecule has 0 unspecified atom stereocenters. The standard InChI is InChI=1S/C31H46N2O6S/c1-7-38-27(34)29(3,4)19-11-9-13-21-31(24-33,40(36,37)26-17-15-25(23-32)16-18-26)22-14-10-12-20-30(5,6)28(35)39-8-2/h15-18H,7-14,19-22H2,1-6H3. The Morgan fingerprint density at radius 2 is 1.12 bits per heavy atom. The van der Waals surface area contributed by atoms with Crippen molar-refractivity contribution in [1.82, 2.24) is 0 Å². The highest BCUT2D eigenvalue weighted by molar-refractivity contribution is 7.93. The van der Waals surface area contributed by atoms with Crippen LogP contribution in [0.4, 0.5) is 0 Å². The Bertz CT molecular complexity index is 1120. The number of hydrogen-bond donors (Lipinski definition) is 0. The van der Waals surface area contributed by atoms with E-state index in [9.17, 15) is 23.3 Å². The molecule has 0 bridgehead atoms. The Morgan fingerprint density at radius 3 is 1.48 bits per heavy atom. The lowest BCUT2D eigenvalue weighted by molar-refractivity contribution is -0.154. The summed E-state index contributed by atoms with van der Waals surface area (Å²) in [5.41, 5.74) is -0.919. The lowest BCUT2D eigenvalue weighted by atomic mass is 9.85. The Morgan fingerprint density at radius 1 is 0.725 bits per heavy atom. The van der Waals surface area contributed by atoms with Gasteiger partial charge in [0.15, 0.2) is 14.6 Å². The maximum atomic E-state index is 13.8. The number of esters is 2. The van der Waals surface area contributed by atoms with Crippen LogP contribution < -0.4 is 0 Å². The second-order valence-corrected chi connectivity index (χ2v) is 13.8. The highest BCUT2D eigenvalue weighted by atomic mass is 32.2. The Hall–Kier alpha value is -2.91. The number of rotatable bonds is 18. The van der Waals surface area contributed by atoms with Crippen LogP contribution in [0, 0.1) is 33.5 Å². The van der Waals surface area contributed by atoms with Crippen LogP contribution >= 0.6 is 0 Å². The average Bonchev–Trinajstić information content (AvgIpc) is 2.91. The lowest BCUT2D eigenvalue weighted by Gasteiger charge is -2.28. The summed E-state index contributed by atoms with van der Waals surface area (Å²) in [7, 11) is -4.03. The van der Waals surface area contributed by atoms with Crippen LogP contribution in [0.15, 0.2) is 29.2 Å². The van der Waals surface area contributed by atoms with Gasteiger partial charge in [-0.25, -0.2) is 8.42 Å². The molecule has 0 saturated carbocycles. The minimum absolute atomic E-state index is 0.0277. The summed E-state index contributed by atoms with van der Waals surface area (Å²) < 4.78 is 36.3. The quantitative estimate of drug-likeness (QED) is 0.140. The first-order valence-electron chi connectivity index (χ1n) is 14.2. The van der Waals surface area contributed by atoms with Crippen molar-refractivity contribution in [1.29, 1.82) is 10.5 Å². The molecule has 0 saturated heterocycles. The zero-order chi connectivity index (χ0) is 30.5. The largest absolute Gasteiger partial charge is 0.466 e. The molecule has 0 fully saturated rings. The molecule has 0 heterocycles. The van der Waals surface area contributed by atoms with Crippen molar-refractivity contribution in [2.75, 3.05) is 13.2 Å². The summed E-state index contributed by atoms with van der Waals surface area (Å²) in [5, 5.41) is 19.4. The number of sulfone groups is 1. The third-order valence-corrected chi connectivity index (χ3v) is 9.85. The van der Waals surface area contributed by atoms with Gasteiger partial charge in [-0.05, 0) is 91.5 Å². The molecule has 0 aliphatic rings. The zero-order valence-corrected chi connectivity index (χ0v) is 25.9. The predicted molar refractivity (Wildman–Crippen MR) is 154 cm³/mol. The van der Waals surface area contributed by atoms with E-state index in [1.165, 1.54) is 24.3 Å². The van der Waals surface area contributed by atoms with E-state index in [1.807, 2.05) is 33.8 Å². The van der Waals surface area contributed by atoms with E-state index in [0.717, 1.165) is 0 Å². The minimum atomic E-state index is -4.03. The first kappa shape index (κ1) is 35.1. The monoisotopic (exact) mass is 574 g/mol. The van der Waals surface area contributed by atoms with Gasteiger partial charge in [-0.1, -0.05) is 38.5 Å². The van der Waals surface area contributed by atoms with Crippen LogP contribution in [0.25, 0.3) is 0 Å². The highest BCUT2D eigenvalue weighted by Crippen LogP contribution is 2.37. The van der Waals surface area contributed by atoms with E-state index >= 15 is 0 Å². The molecule has 0 atom stereocenters. The molecule has 1 rings (SSSR count). The van der Waals surface area contributed by atoms with Gasteiger partial charge in [-0.3, -0.25) is 9.59 Å². The van der Waals surface area contributed by atoms with Crippen LogP contribution in [0.5, 0.6) is 0 Å². The average molecular weight is 575 g/mol. The molecule has 0 N–H and O–H groups in total. The fraction of sp³-hybridized carbons (Fsp3) is 0.677. The molecular formula is C31H46N2O6S. The van der Waals surface area contributed by atoms with Gasteiger partial charge in [0.1, 0.15) is 0 Å². The lowest BCUT2D eigenvalue weighted by Crippen LogP contribution is -2.37. The second kappa shape index (κ2) is 15.8. The fourth-order valence-electron chi connectivity index (χ4n) is 4.67. The van der Waals surface area contributed by atoms with Gasteiger partial charge in [0.25, 0.3) is 0 Å². The molecular weight excluding hydrogens is 528 g/mol. The van der Waals surface area contributed by atoms with Crippen molar-refractivity contribution in [3.05, 3.63) is 29.8 Å². The van der Waals surface area contributed by atoms with E-state index in [4.69, 9.17) is 14.7 Å². The summed E-state index contributed by atoms with van der Waals surface area (Å²) in [6.45, 7) is 11.5.